The molecule has 1 saturated carbocycles. The van der Waals surface area contributed by atoms with Crippen molar-refractivity contribution in [3.63, 3.8) is 0 Å². The molecule has 0 bridgehead atoms. The second-order valence-corrected chi connectivity index (χ2v) is 4.57. The van der Waals surface area contributed by atoms with Gasteiger partial charge in [-0.15, -0.1) is 0 Å². The molecule has 1 fully saturated rings. The Morgan fingerprint density at radius 1 is 1.16 bits per heavy atom. The molecule has 0 aromatic carbocycles. The average Bonchev–Trinajstić information content (AvgIpc) is 2.83. The van der Waals surface area contributed by atoms with Crippen LogP contribution in [-0.2, 0) is 23.9 Å². The van der Waals surface area contributed by atoms with Gasteiger partial charge in [-0.3, -0.25) is 9.59 Å². The highest BCUT2D eigenvalue weighted by atomic mass is 16.6. The third-order valence-electron chi connectivity index (χ3n) is 3.05. The van der Waals surface area contributed by atoms with E-state index in [-0.39, 0.29) is 18.8 Å². The Hall–Kier alpha value is -1.85. The van der Waals surface area contributed by atoms with Crippen molar-refractivity contribution < 1.29 is 29.0 Å². The van der Waals surface area contributed by atoms with Crippen molar-refractivity contribution in [3.05, 3.63) is 12.2 Å². The van der Waals surface area contributed by atoms with E-state index in [4.69, 9.17) is 14.6 Å². The summed E-state index contributed by atoms with van der Waals surface area (Å²) in [5.74, 6) is -3.29. The number of hydrogen-bond acceptors (Lipinski definition) is 5. The molecule has 2 atom stereocenters. The second-order valence-electron chi connectivity index (χ2n) is 4.57. The predicted octanol–water partition coefficient (Wildman–Crippen LogP) is 1.15. The summed E-state index contributed by atoms with van der Waals surface area (Å²) in [4.78, 5) is 33.7. The molecule has 0 aromatic rings. The lowest BCUT2D eigenvalue weighted by atomic mass is 9.96. The standard InChI is InChI=1S/C13H18O6/c1-8(2)12(16)18-6-7-19-13(17)10-5-3-4-9(10)11(14)15/h9-10H,1,3-7H2,2H3,(H,14,15). The van der Waals surface area contributed by atoms with E-state index in [0.717, 1.165) is 0 Å². The maximum atomic E-state index is 11.7. The third kappa shape index (κ3) is 4.39. The summed E-state index contributed by atoms with van der Waals surface area (Å²) < 4.78 is 9.69. The van der Waals surface area contributed by atoms with E-state index in [1.54, 1.807) is 0 Å². The molecule has 1 N–H and O–H groups in total. The normalized spacial score (nSPS) is 21.7. The Bertz CT molecular complexity index is 387. The highest BCUT2D eigenvalue weighted by Gasteiger charge is 2.38. The van der Waals surface area contributed by atoms with E-state index in [1.165, 1.54) is 6.92 Å². The number of esters is 2. The Morgan fingerprint density at radius 2 is 1.74 bits per heavy atom. The topological polar surface area (TPSA) is 89.9 Å². The van der Waals surface area contributed by atoms with Gasteiger partial charge >= 0.3 is 17.9 Å². The van der Waals surface area contributed by atoms with E-state index in [0.29, 0.717) is 19.3 Å². The molecule has 0 radical (unpaired) electrons. The molecular formula is C13H18O6. The van der Waals surface area contributed by atoms with Crippen LogP contribution in [0, 0.1) is 11.8 Å². The molecule has 0 heterocycles. The quantitative estimate of drug-likeness (QED) is 0.442. The Kier molecular flexibility index (Phi) is 5.54. The summed E-state index contributed by atoms with van der Waals surface area (Å²) in [5.41, 5.74) is 0.271. The van der Waals surface area contributed by atoms with Gasteiger partial charge in [0.2, 0.25) is 0 Å². The van der Waals surface area contributed by atoms with Gasteiger partial charge in [0, 0.05) is 5.57 Å². The third-order valence-corrected chi connectivity index (χ3v) is 3.05. The molecule has 1 rings (SSSR count). The lowest BCUT2D eigenvalue weighted by Gasteiger charge is -2.14. The molecule has 0 aliphatic heterocycles. The molecule has 1 aliphatic rings. The van der Waals surface area contributed by atoms with Crippen molar-refractivity contribution in [1.29, 1.82) is 0 Å². The molecule has 6 nitrogen and oxygen atoms in total. The van der Waals surface area contributed by atoms with Crippen LogP contribution in [0.15, 0.2) is 12.2 Å². The SMILES string of the molecule is C=C(C)C(=O)OCCOC(=O)C1CCCC1C(=O)O. The van der Waals surface area contributed by atoms with E-state index in [1.807, 2.05) is 0 Å². The van der Waals surface area contributed by atoms with Crippen molar-refractivity contribution in [1.82, 2.24) is 0 Å². The van der Waals surface area contributed by atoms with Gasteiger partial charge in [-0.25, -0.2) is 4.79 Å². The van der Waals surface area contributed by atoms with Crippen LogP contribution < -0.4 is 0 Å². The molecule has 6 heteroatoms. The van der Waals surface area contributed by atoms with Crippen molar-refractivity contribution in [3.8, 4) is 0 Å². The van der Waals surface area contributed by atoms with E-state index in [2.05, 4.69) is 6.58 Å². The van der Waals surface area contributed by atoms with Gasteiger partial charge < -0.3 is 14.6 Å². The molecular weight excluding hydrogens is 252 g/mol. The average molecular weight is 270 g/mol. The maximum absolute atomic E-state index is 11.7. The number of ether oxygens (including phenoxy) is 2. The second kappa shape index (κ2) is 6.92. The Morgan fingerprint density at radius 3 is 2.32 bits per heavy atom. The van der Waals surface area contributed by atoms with E-state index in [9.17, 15) is 14.4 Å². The minimum atomic E-state index is -0.965. The summed E-state index contributed by atoms with van der Waals surface area (Å²) in [7, 11) is 0. The highest BCUT2D eigenvalue weighted by molar-refractivity contribution is 5.87. The highest BCUT2D eigenvalue weighted by Crippen LogP contribution is 2.32. The van der Waals surface area contributed by atoms with Gasteiger partial charge in [-0.05, 0) is 19.8 Å². The number of carbonyl (C=O) groups excluding carboxylic acids is 2. The van der Waals surface area contributed by atoms with Crippen LogP contribution in [0.1, 0.15) is 26.2 Å². The summed E-state index contributed by atoms with van der Waals surface area (Å²) >= 11 is 0. The monoisotopic (exact) mass is 270 g/mol. The molecule has 0 saturated heterocycles. The van der Waals surface area contributed by atoms with Crippen LogP contribution >= 0.6 is 0 Å². The molecule has 106 valence electrons. The largest absolute Gasteiger partial charge is 0.481 e. The molecule has 0 aromatic heterocycles. The first kappa shape index (κ1) is 15.2. The van der Waals surface area contributed by atoms with Crippen LogP contribution in [-0.4, -0.2) is 36.2 Å². The molecule has 0 spiro atoms. The molecule has 2 unspecified atom stereocenters. The van der Waals surface area contributed by atoms with Gasteiger partial charge in [-0.2, -0.15) is 0 Å². The maximum Gasteiger partial charge on any atom is 0.333 e. The first-order valence-electron chi connectivity index (χ1n) is 6.15. The van der Waals surface area contributed by atoms with E-state index >= 15 is 0 Å². The van der Waals surface area contributed by atoms with Gasteiger partial charge in [0.15, 0.2) is 0 Å². The number of carbonyl (C=O) groups is 3. The summed E-state index contributed by atoms with van der Waals surface area (Å²) in [6.07, 6.45) is 1.74. The zero-order valence-corrected chi connectivity index (χ0v) is 10.9. The van der Waals surface area contributed by atoms with Crippen LogP contribution in [0.5, 0.6) is 0 Å². The van der Waals surface area contributed by atoms with Crippen molar-refractivity contribution in [2.45, 2.75) is 26.2 Å². The van der Waals surface area contributed by atoms with Crippen molar-refractivity contribution >= 4 is 17.9 Å². The van der Waals surface area contributed by atoms with Gasteiger partial charge in [-0.1, -0.05) is 13.0 Å². The minimum absolute atomic E-state index is 0.0537. The van der Waals surface area contributed by atoms with Gasteiger partial charge in [0.05, 0.1) is 11.8 Å². The summed E-state index contributed by atoms with van der Waals surface area (Å²) in [6, 6.07) is 0. The van der Waals surface area contributed by atoms with Crippen LogP contribution in [0.3, 0.4) is 0 Å². The minimum Gasteiger partial charge on any atom is -0.481 e. The number of aliphatic carboxylic acids is 1. The van der Waals surface area contributed by atoms with Crippen molar-refractivity contribution in [2.24, 2.45) is 11.8 Å². The number of hydrogen-bond donors (Lipinski definition) is 1. The van der Waals surface area contributed by atoms with E-state index < -0.39 is 29.7 Å². The fourth-order valence-electron chi connectivity index (χ4n) is 2.04. The fourth-order valence-corrected chi connectivity index (χ4v) is 2.04. The zero-order valence-electron chi connectivity index (χ0n) is 10.9. The molecule has 1 aliphatic carbocycles. The number of rotatable bonds is 6. The molecule has 19 heavy (non-hydrogen) atoms. The first-order chi connectivity index (χ1) is 8.93. The first-order valence-corrected chi connectivity index (χ1v) is 6.15. The molecule has 0 amide bonds. The van der Waals surface area contributed by atoms with Crippen LogP contribution in [0.4, 0.5) is 0 Å². The van der Waals surface area contributed by atoms with Crippen LogP contribution in [0.25, 0.3) is 0 Å². The van der Waals surface area contributed by atoms with Crippen LogP contribution in [0.2, 0.25) is 0 Å². The summed E-state index contributed by atoms with van der Waals surface area (Å²) in [6.45, 7) is 4.81. The summed E-state index contributed by atoms with van der Waals surface area (Å²) in [5, 5.41) is 8.95. The Balaban J connectivity index is 2.30. The fraction of sp³-hybridized carbons (Fsp3) is 0.615. The smallest absolute Gasteiger partial charge is 0.333 e. The lowest BCUT2D eigenvalue weighted by Crippen LogP contribution is -2.28. The Labute approximate surface area is 111 Å². The predicted molar refractivity (Wildman–Crippen MR) is 65.2 cm³/mol. The number of carboxylic acid groups (broad SMARTS) is 1. The number of carboxylic acids is 1. The van der Waals surface area contributed by atoms with Gasteiger partial charge in [0.25, 0.3) is 0 Å². The lowest BCUT2D eigenvalue weighted by molar-refractivity contribution is -0.158. The van der Waals surface area contributed by atoms with Gasteiger partial charge in [0.1, 0.15) is 13.2 Å². The zero-order chi connectivity index (χ0) is 14.4. The van der Waals surface area contributed by atoms with Crippen molar-refractivity contribution in [2.75, 3.05) is 13.2 Å².